The fourth-order valence-electron chi connectivity index (χ4n) is 4.01. The molecule has 0 aromatic heterocycles. The van der Waals surface area contributed by atoms with E-state index in [0.717, 1.165) is 44.6 Å². The quantitative estimate of drug-likeness (QED) is 0.841. The summed E-state index contributed by atoms with van der Waals surface area (Å²) < 4.78 is 0. The minimum absolute atomic E-state index is 0.188. The Morgan fingerprint density at radius 1 is 1.04 bits per heavy atom. The maximum absolute atomic E-state index is 12.6. The van der Waals surface area contributed by atoms with Crippen LogP contribution in [0.4, 0.5) is 0 Å². The van der Waals surface area contributed by atoms with Gasteiger partial charge in [-0.3, -0.25) is 9.69 Å². The van der Waals surface area contributed by atoms with Gasteiger partial charge in [-0.2, -0.15) is 0 Å². The number of benzene rings is 2. The van der Waals surface area contributed by atoms with Crippen LogP contribution in [0, 0.1) is 0 Å². The zero-order chi connectivity index (χ0) is 17.2. The number of amides is 1. The van der Waals surface area contributed by atoms with E-state index in [1.807, 2.05) is 29.2 Å². The lowest BCUT2D eigenvalue weighted by atomic mass is 9.98. The molecule has 2 aliphatic rings. The molecule has 130 valence electrons. The van der Waals surface area contributed by atoms with Crippen molar-refractivity contribution in [2.45, 2.75) is 31.8 Å². The van der Waals surface area contributed by atoms with Crippen molar-refractivity contribution >= 4 is 17.5 Å². The van der Waals surface area contributed by atoms with Crippen LogP contribution < -0.4 is 0 Å². The average Bonchev–Trinajstić information content (AvgIpc) is 3.13. The molecule has 2 aromatic rings. The van der Waals surface area contributed by atoms with Gasteiger partial charge >= 0.3 is 0 Å². The standard InChI is InChI=1S/C21H23ClN2O/c22-20-8-4-3-6-17(20)13-21(25)24-12-10-19(15-24)23-11-9-16-5-1-2-7-18(16)14-23/h1-8,19H,9-15H2/t19-/m0/s1. The molecule has 0 saturated carbocycles. The van der Waals surface area contributed by atoms with E-state index in [9.17, 15) is 4.79 Å². The van der Waals surface area contributed by atoms with E-state index < -0.39 is 0 Å². The number of nitrogens with zero attached hydrogens (tertiary/aromatic N) is 2. The molecule has 4 heteroatoms. The Balaban J connectivity index is 1.37. The lowest BCUT2D eigenvalue weighted by Gasteiger charge is -2.33. The summed E-state index contributed by atoms with van der Waals surface area (Å²) in [6.45, 7) is 3.79. The molecule has 2 aromatic carbocycles. The first-order chi connectivity index (χ1) is 12.2. The van der Waals surface area contributed by atoms with Gasteiger partial charge in [-0.15, -0.1) is 0 Å². The second kappa shape index (κ2) is 7.19. The van der Waals surface area contributed by atoms with E-state index in [-0.39, 0.29) is 5.91 Å². The van der Waals surface area contributed by atoms with Crippen molar-refractivity contribution in [2.75, 3.05) is 19.6 Å². The SMILES string of the molecule is O=C(Cc1ccccc1Cl)N1CC[C@H](N2CCc3ccccc3C2)C1. The first-order valence-electron chi connectivity index (χ1n) is 9.03. The molecular formula is C21H23ClN2O. The Hall–Kier alpha value is -1.84. The third kappa shape index (κ3) is 3.58. The third-order valence-electron chi connectivity index (χ3n) is 5.49. The normalized spacial score (nSPS) is 20.5. The number of hydrogen-bond acceptors (Lipinski definition) is 2. The molecule has 0 unspecified atom stereocenters. The summed E-state index contributed by atoms with van der Waals surface area (Å²) in [6, 6.07) is 16.8. The van der Waals surface area contributed by atoms with Gasteiger partial charge in [0.2, 0.25) is 5.91 Å². The maximum Gasteiger partial charge on any atom is 0.227 e. The van der Waals surface area contributed by atoms with Gasteiger partial charge in [0, 0.05) is 37.2 Å². The summed E-state index contributed by atoms with van der Waals surface area (Å²) in [4.78, 5) is 17.2. The molecule has 1 amide bonds. The monoisotopic (exact) mass is 354 g/mol. The van der Waals surface area contributed by atoms with Gasteiger partial charge in [-0.1, -0.05) is 54.1 Å². The van der Waals surface area contributed by atoms with Gasteiger partial charge in [0.25, 0.3) is 0 Å². The molecule has 2 aliphatic heterocycles. The van der Waals surface area contributed by atoms with E-state index in [2.05, 4.69) is 29.2 Å². The molecule has 1 saturated heterocycles. The van der Waals surface area contributed by atoms with Gasteiger partial charge in [0.15, 0.2) is 0 Å². The molecule has 25 heavy (non-hydrogen) atoms. The molecule has 4 rings (SSSR count). The number of likely N-dealkylation sites (tertiary alicyclic amines) is 1. The molecule has 1 atom stereocenters. The Kier molecular flexibility index (Phi) is 4.78. The van der Waals surface area contributed by atoms with E-state index >= 15 is 0 Å². The lowest BCUT2D eigenvalue weighted by Crippen LogP contribution is -2.41. The van der Waals surface area contributed by atoms with Crippen LogP contribution in [0.1, 0.15) is 23.1 Å². The maximum atomic E-state index is 12.6. The van der Waals surface area contributed by atoms with Crippen LogP contribution in [-0.2, 0) is 24.2 Å². The highest BCUT2D eigenvalue weighted by molar-refractivity contribution is 6.31. The molecule has 3 nitrogen and oxygen atoms in total. The first-order valence-corrected chi connectivity index (χ1v) is 9.40. The molecule has 0 radical (unpaired) electrons. The van der Waals surface area contributed by atoms with Gasteiger partial charge < -0.3 is 4.90 Å². The van der Waals surface area contributed by atoms with Crippen molar-refractivity contribution < 1.29 is 4.79 Å². The Morgan fingerprint density at radius 3 is 2.64 bits per heavy atom. The van der Waals surface area contributed by atoms with Crippen LogP contribution >= 0.6 is 11.6 Å². The summed E-state index contributed by atoms with van der Waals surface area (Å²) in [7, 11) is 0. The van der Waals surface area contributed by atoms with Crippen molar-refractivity contribution in [1.82, 2.24) is 9.80 Å². The summed E-state index contributed by atoms with van der Waals surface area (Å²) in [5.41, 5.74) is 3.84. The topological polar surface area (TPSA) is 23.6 Å². The highest BCUT2D eigenvalue weighted by Gasteiger charge is 2.31. The zero-order valence-electron chi connectivity index (χ0n) is 14.3. The van der Waals surface area contributed by atoms with Crippen molar-refractivity contribution in [2.24, 2.45) is 0 Å². The molecule has 2 heterocycles. The number of hydrogen-bond donors (Lipinski definition) is 0. The van der Waals surface area contributed by atoms with Crippen molar-refractivity contribution in [3.63, 3.8) is 0 Å². The lowest BCUT2D eigenvalue weighted by molar-refractivity contribution is -0.129. The number of rotatable bonds is 3. The van der Waals surface area contributed by atoms with E-state index in [1.165, 1.54) is 11.1 Å². The predicted octanol–water partition coefficient (Wildman–Crippen LogP) is 3.54. The Morgan fingerprint density at radius 2 is 1.80 bits per heavy atom. The van der Waals surface area contributed by atoms with Crippen molar-refractivity contribution in [1.29, 1.82) is 0 Å². The number of fused-ring (bicyclic) bond motifs is 1. The van der Waals surface area contributed by atoms with Crippen LogP contribution in [0.25, 0.3) is 0 Å². The third-order valence-corrected chi connectivity index (χ3v) is 5.86. The van der Waals surface area contributed by atoms with Crippen molar-refractivity contribution in [3.8, 4) is 0 Å². The Labute approximate surface area is 154 Å². The summed E-state index contributed by atoms with van der Waals surface area (Å²) in [6.07, 6.45) is 2.58. The molecule has 0 spiro atoms. The summed E-state index contributed by atoms with van der Waals surface area (Å²) >= 11 is 6.19. The van der Waals surface area contributed by atoms with Gasteiger partial charge in [0.05, 0.1) is 6.42 Å². The number of carbonyl (C=O) groups is 1. The van der Waals surface area contributed by atoms with Crippen LogP contribution in [0.5, 0.6) is 0 Å². The molecular weight excluding hydrogens is 332 g/mol. The average molecular weight is 355 g/mol. The predicted molar refractivity (Wildman–Crippen MR) is 101 cm³/mol. The van der Waals surface area contributed by atoms with Gasteiger partial charge in [0.1, 0.15) is 0 Å². The molecule has 1 fully saturated rings. The fraction of sp³-hybridized carbons (Fsp3) is 0.381. The second-order valence-electron chi connectivity index (χ2n) is 7.04. The minimum atomic E-state index is 0.188. The molecule has 0 N–H and O–H groups in total. The highest BCUT2D eigenvalue weighted by Crippen LogP contribution is 2.25. The van der Waals surface area contributed by atoms with Gasteiger partial charge in [-0.05, 0) is 35.6 Å². The highest BCUT2D eigenvalue weighted by atomic mass is 35.5. The first kappa shape index (κ1) is 16.6. The van der Waals surface area contributed by atoms with Gasteiger partial charge in [-0.25, -0.2) is 0 Å². The Bertz CT molecular complexity index is 776. The fourth-order valence-corrected chi connectivity index (χ4v) is 4.21. The smallest absolute Gasteiger partial charge is 0.227 e. The minimum Gasteiger partial charge on any atom is -0.341 e. The van der Waals surface area contributed by atoms with Crippen LogP contribution in [0.3, 0.4) is 0 Å². The zero-order valence-corrected chi connectivity index (χ0v) is 15.1. The van der Waals surface area contributed by atoms with E-state index in [4.69, 9.17) is 11.6 Å². The van der Waals surface area contributed by atoms with Crippen LogP contribution in [-0.4, -0.2) is 41.4 Å². The number of carbonyl (C=O) groups excluding carboxylic acids is 1. The van der Waals surface area contributed by atoms with E-state index in [0.29, 0.717) is 17.5 Å². The van der Waals surface area contributed by atoms with Crippen molar-refractivity contribution in [3.05, 3.63) is 70.2 Å². The molecule has 0 bridgehead atoms. The largest absolute Gasteiger partial charge is 0.341 e. The number of halogens is 1. The summed E-state index contributed by atoms with van der Waals surface area (Å²) in [5, 5.41) is 0.680. The summed E-state index contributed by atoms with van der Waals surface area (Å²) in [5.74, 6) is 0.188. The molecule has 0 aliphatic carbocycles. The van der Waals surface area contributed by atoms with E-state index in [1.54, 1.807) is 0 Å². The van der Waals surface area contributed by atoms with Crippen LogP contribution in [0.15, 0.2) is 48.5 Å². The van der Waals surface area contributed by atoms with Crippen LogP contribution in [0.2, 0.25) is 5.02 Å². The second-order valence-corrected chi connectivity index (χ2v) is 7.45.